The quantitative estimate of drug-likeness (QED) is 0.172. The maximum atomic E-state index is 2.62. The summed E-state index contributed by atoms with van der Waals surface area (Å²) < 4.78 is 2.62. The number of aromatic nitrogens is 1. The topological polar surface area (TPSA) is 8.17 Å². The number of fused-ring (bicyclic) bond motifs is 7. The highest BCUT2D eigenvalue weighted by Gasteiger charge is 2.44. The van der Waals surface area contributed by atoms with Crippen molar-refractivity contribution >= 4 is 38.9 Å². The summed E-state index contributed by atoms with van der Waals surface area (Å²) in [5.41, 5.74) is 26.2. The van der Waals surface area contributed by atoms with Gasteiger partial charge in [-0.15, -0.1) is 0 Å². The van der Waals surface area contributed by atoms with Crippen molar-refractivity contribution in [1.29, 1.82) is 0 Å². The highest BCUT2D eigenvalue weighted by atomic mass is 15.1. The van der Waals surface area contributed by atoms with Gasteiger partial charge in [-0.25, -0.2) is 0 Å². The minimum absolute atomic E-state index is 0.0928. The lowest BCUT2D eigenvalue weighted by Crippen LogP contribution is -2.33. The van der Waals surface area contributed by atoms with E-state index in [4.69, 9.17) is 0 Å². The van der Waals surface area contributed by atoms with Crippen LogP contribution < -0.4 is 4.90 Å². The molecule has 3 heterocycles. The van der Waals surface area contributed by atoms with Gasteiger partial charge >= 0.3 is 0 Å². The van der Waals surface area contributed by atoms with Crippen molar-refractivity contribution in [1.82, 2.24) is 4.57 Å². The number of hydrogen-bond donors (Lipinski definition) is 0. The number of benzene rings is 8. The summed E-state index contributed by atoms with van der Waals surface area (Å²) in [7, 11) is 0. The number of para-hydroxylation sites is 2. The van der Waals surface area contributed by atoms with Crippen LogP contribution in [0, 0.1) is 0 Å². The Kier molecular flexibility index (Phi) is 6.76. The second-order valence-corrected chi connectivity index (χ2v) is 20.6. The normalized spacial score (nSPS) is 16.9. The highest BCUT2D eigenvalue weighted by Crippen LogP contribution is 2.57. The van der Waals surface area contributed by atoms with Gasteiger partial charge in [-0.2, -0.15) is 0 Å². The minimum atomic E-state index is -0.170. The first-order valence-electron chi connectivity index (χ1n) is 22.4. The Bertz CT molecular complexity index is 3350. The minimum Gasteiger partial charge on any atom is -0.310 e. The summed E-state index contributed by atoms with van der Waals surface area (Å²) in [6, 6.07) is 60.5. The van der Waals surface area contributed by atoms with Crippen molar-refractivity contribution in [3.05, 3.63) is 202 Å². The van der Waals surface area contributed by atoms with Gasteiger partial charge in [0.25, 0.3) is 0 Å². The molecule has 1 aromatic heterocycles. The molecule has 0 saturated heterocycles. The molecule has 0 bridgehead atoms. The van der Waals surface area contributed by atoms with Crippen molar-refractivity contribution in [3.63, 3.8) is 0 Å². The van der Waals surface area contributed by atoms with Gasteiger partial charge in [0.05, 0.1) is 16.7 Å². The molecule has 0 saturated carbocycles. The predicted octanol–water partition coefficient (Wildman–Crippen LogP) is 15.8. The molecule has 8 aromatic carbocycles. The van der Waals surface area contributed by atoms with Crippen molar-refractivity contribution in [2.24, 2.45) is 0 Å². The van der Waals surface area contributed by atoms with Crippen molar-refractivity contribution in [3.8, 4) is 39.1 Å². The molecular formula is C60H50N2. The van der Waals surface area contributed by atoms with E-state index < -0.39 is 0 Å². The van der Waals surface area contributed by atoms with Crippen LogP contribution in [0.5, 0.6) is 0 Å². The maximum Gasteiger partial charge on any atom is 0.0582 e. The van der Waals surface area contributed by atoms with E-state index >= 15 is 0 Å². The van der Waals surface area contributed by atoms with Gasteiger partial charge in [0, 0.05) is 49.5 Å². The van der Waals surface area contributed by atoms with E-state index in [2.05, 4.69) is 223 Å². The third kappa shape index (κ3) is 4.35. The van der Waals surface area contributed by atoms with E-state index in [9.17, 15) is 0 Å². The number of nitrogens with zero attached hydrogens (tertiary/aromatic N) is 2. The first-order valence-corrected chi connectivity index (χ1v) is 22.4. The molecule has 0 amide bonds. The maximum absolute atomic E-state index is 2.62. The van der Waals surface area contributed by atoms with Crippen molar-refractivity contribution in [2.45, 2.75) is 77.0 Å². The molecule has 2 nitrogen and oxygen atoms in total. The Hall–Kier alpha value is -6.64. The van der Waals surface area contributed by atoms with E-state index in [0.29, 0.717) is 0 Å². The molecule has 2 aliphatic carbocycles. The zero-order valence-corrected chi connectivity index (χ0v) is 36.9. The molecule has 2 aliphatic heterocycles. The first-order chi connectivity index (χ1) is 29.8. The van der Waals surface area contributed by atoms with Gasteiger partial charge in [0.2, 0.25) is 0 Å². The molecule has 4 aliphatic rings. The standard InChI is InChI=1S/C60H50N2/c1-57(2)46-18-11-9-15-40(46)42-29-27-38(33-51(42)57)61(39-28-30-43-41-16-10-12-19-47(41)58(3,4)52(43)34-39)37-25-23-35(24-26-37)36-31-45-44-17-13-20-48-54(44)62-55(45)53(32-36)60(7,8)50-22-14-21-49(56(50)62)59(48,5)6/h9-34H,1-8H3. The summed E-state index contributed by atoms with van der Waals surface area (Å²) in [5.74, 6) is 0. The largest absolute Gasteiger partial charge is 0.310 e. The lowest BCUT2D eigenvalue weighted by molar-refractivity contribution is 0.594. The second kappa shape index (κ2) is 11.6. The summed E-state index contributed by atoms with van der Waals surface area (Å²) >= 11 is 0. The average Bonchev–Trinajstić information content (AvgIpc) is 3.82. The Morgan fingerprint density at radius 1 is 0.323 bits per heavy atom. The van der Waals surface area contributed by atoms with E-state index in [1.165, 1.54) is 117 Å². The third-order valence-corrected chi connectivity index (χ3v) is 15.9. The van der Waals surface area contributed by atoms with Gasteiger partial charge in [-0.1, -0.05) is 165 Å². The van der Waals surface area contributed by atoms with Crippen LogP contribution in [0.2, 0.25) is 0 Å². The van der Waals surface area contributed by atoms with Crippen LogP contribution in [0.25, 0.3) is 60.9 Å². The molecule has 0 atom stereocenters. The average molecular weight is 799 g/mol. The van der Waals surface area contributed by atoms with Gasteiger partial charge in [-0.05, 0) is 126 Å². The predicted molar refractivity (Wildman–Crippen MR) is 260 cm³/mol. The van der Waals surface area contributed by atoms with Crippen molar-refractivity contribution < 1.29 is 0 Å². The SMILES string of the molecule is CC1(C)c2ccccc2-c2ccc(N(c3ccc(-c4cc5c6c(c4)c4cccc7c4n6-c4c(cccc4C5(C)C)C7(C)C)cc3)c3ccc4c(c3)C(C)(C)c3ccccc3-4)cc21. The fraction of sp³-hybridized carbons (Fsp3) is 0.200. The third-order valence-electron chi connectivity index (χ3n) is 15.9. The molecule has 0 N–H and O–H groups in total. The van der Waals surface area contributed by atoms with E-state index in [-0.39, 0.29) is 21.7 Å². The van der Waals surface area contributed by atoms with Gasteiger partial charge < -0.3 is 9.47 Å². The van der Waals surface area contributed by atoms with E-state index in [1.807, 2.05) is 0 Å². The zero-order chi connectivity index (χ0) is 42.2. The van der Waals surface area contributed by atoms with E-state index in [0.717, 1.165) is 5.69 Å². The summed E-state index contributed by atoms with van der Waals surface area (Å²) in [4.78, 5) is 2.49. The summed E-state index contributed by atoms with van der Waals surface area (Å²) in [6.45, 7) is 19.2. The van der Waals surface area contributed by atoms with Crippen LogP contribution in [-0.2, 0) is 21.7 Å². The lowest BCUT2D eigenvalue weighted by atomic mass is 9.68. The first kappa shape index (κ1) is 36.1. The fourth-order valence-corrected chi connectivity index (χ4v) is 12.6. The molecule has 0 spiro atoms. The van der Waals surface area contributed by atoms with E-state index in [1.54, 1.807) is 0 Å². The number of anilines is 3. The summed E-state index contributed by atoms with van der Waals surface area (Å²) in [6.07, 6.45) is 0. The van der Waals surface area contributed by atoms with Crippen LogP contribution >= 0.6 is 0 Å². The molecule has 300 valence electrons. The Morgan fingerprint density at radius 2 is 0.774 bits per heavy atom. The number of rotatable bonds is 4. The van der Waals surface area contributed by atoms with Crippen LogP contribution in [0.15, 0.2) is 158 Å². The van der Waals surface area contributed by atoms with Crippen LogP contribution in [0.4, 0.5) is 17.1 Å². The molecule has 2 heteroatoms. The number of hydrogen-bond acceptors (Lipinski definition) is 1. The molecule has 13 rings (SSSR count). The highest BCUT2D eigenvalue weighted by molar-refractivity contribution is 6.15. The van der Waals surface area contributed by atoms with Crippen LogP contribution in [-0.4, -0.2) is 4.57 Å². The molecular weight excluding hydrogens is 749 g/mol. The Labute approximate surface area is 365 Å². The van der Waals surface area contributed by atoms with Crippen molar-refractivity contribution in [2.75, 3.05) is 4.90 Å². The molecule has 0 unspecified atom stereocenters. The Morgan fingerprint density at radius 3 is 1.37 bits per heavy atom. The smallest absolute Gasteiger partial charge is 0.0582 e. The van der Waals surface area contributed by atoms with Gasteiger partial charge in [0.15, 0.2) is 0 Å². The van der Waals surface area contributed by atoms with Gasteiger partial charge in [0.1, 0.15) is 0 Å². The molecule has 0 radical (unpaired) electrons. The monoisotopic (exact) mass is 798 g/mol. The Balaban J connectivity index is 0.988. The molecule has 9 aromatic rings. The van der Waals surface area contributed by atoms with Crippen LogP contribution in [0.1, 0.15) is 99.9 Å². The summed E-state index contributed by atoms with van der Waals surface area (Å²) in [5, 5.41) is 2.69. The lowest BCUT2D eigenvalue weighted by Gasteiger charge is -2.42. The fourth-order valence-electron chi connectivity index (χ4n) is 12.6. The second-order valence-electron chi connectivity index (χ2n) is 20.6. The van der Waals surface area contributed by atoms with Crippen LogP contribution in [0.3, 0.4) is 0 Å². The van der Waals surface area contributed by atoms with Gasteiger partial charge in [-0.3, -0.25) is 0 Å². The zero-order valence-electron chi connectivity index (χ0n) is 36.9. The molecule has 62 heavy (non-hydrogen) atoms. The molecule has 0 fully saturated rings.